The summed E-state index contributed by atoms with van der Waals surface area (Å²) in [5.41, 5.74) is 2.62. The van der Waals surface area contributed by atoms with Crippen molar-refractivity contribution in [1.82, 2.24) is 0 Å². The van der Waals surface area contributed by atoms with Gasteiger partial charge < -0.3 is 9.47 Å². The van der Waals surface area contributed by atoms with Crippen molar-refractivity contribution in [3.8, 4) is 33.8 Å². The Bertz CT molecular complexity index is 1130. The molecule has 8 nitrogen and oxygen atoms in total. The number of benzene rings is 3. The van der Waals surface area contributed by atoms with Crippen LogP contribution in [0.4, 0.5) is 11.4 Å². The lowest BCUT2D eigenvalue weighted by Gasteiger charge is -2.18. The molecule has 0 aliphatic carbocycles. The van der Waals surface area contributed by atoms with Gasteiger partial charge in [0.05, 0.1) is 23.1 Å². The molecule has 0 N–H and O–H groups in total. The summed E-state index contributed by atoms with van der Waals surface area (Å²) < 4.78 is 12.5. The highest BCUT2D eigenvalue weighted by Gasteiger charge is 2.19. The van der Waals surface area contributed by atoms with E-state index in [1.807, 2.05) is 24.3 Å². The fourth-order valence-corrected chi connectivity index (χ4v) is 4.25. The first-order valence-electron chi connectivity index (χ1n) is 13.4. The molecule has 3 aromatic rings. The molecular formula is C30H36N2O6. The molecule has 0 saturated carbocycles. The van der Waals surface area contributed by atoms with Crippen LogP contribution in [0, 0.1) is 20.2 Å². The molecule has 0 heterocycles. The highest BCUT2D eigenvalue weighted by molar-refractivity contribution is 5.82. The zero-order chi connectivity index (χ0) is 27.3. The highest BCUT2D eigenvalue weighted by Crippen LogP contribution is 2.42. The van der Waals surface area contributed by atoms with Crippen LogP contribution >= 0.6 is 0 Å². The first-order chi connectivity index (χ1) is 18.4. The molecular weight excluding hydrogens is 484 g/mol. The largest absolute Gasteiger partial charge is 0.493 e. The van der Waals surface area contributed by atoms with Crippen molar-refractivity contribution in [2.24, 2.45) is 0 Å². The lowest BCUT2D eigenvalue weighted by molar-refractivity contribution is -0.385. The average molecular weight is 521 g/mol. The van der Waals surface area contributed by atoms with Crippen molar-refractivity contribution in [3.05, 3.63) is 80.9 Å². The molecule has 0 bridgehead atoms. The third kappa shape index (κ3) is 8.03. The number of nitro benzene ring substituents is 2. The number of nitrogens with zero attached hydrogens (tertiary/aromatic N) is 2. The smallest absolute Gasteiger partial charge is 0.270 e. The van der Waals surface area contributed by atoms with Gasteiger partial charge in [-0.2, -0.15) is 0 Å². The second-order valence-corrected chi connectivity index (χ2v) is 9.28. The molecule has 202 valence electrons. The van der Waals surface area contributed by atoms with Crippen LogP contribution in [0.5, 0.6) is 11.5 Å². The molecule has 0 saturated heterocycles. The van der Waals surface area contributed by atoms with Crippen LogP contribution in [0.25, 0.3) is 22.3 Å². The quantitative estimate of drug-likeness (QED) is 0.106. The molecule has 38 heavy (non-hydrogen) atoms. The van der Waals surface area contributed by atoms with E-state index in [-0.39, 0.29) is 11.4 Å². The van der Waals surface area contributed by atoms with E-state index in [0.717, 1.165) is 51.4 Å². The topological polar surface area (TPSA) is 105 Å². The van der Waals surface area contributed by atoms with Gasteiger partial charge in [-0.05, 0) is 36.1 Å². The van der Waals surface area contributed by atoms with Gasteiger partial charge in [0, 0.05) is 35.4 Å². The molecule has 0 unspecified atom stereocenters. The summed E-state index contributed by atoms with van der Waals surface area (Å²) in [6, 6.07) is 16.6. The molecule has 0 amide bonds. The normalized spacial score (nSPS) is 10.8. The Labute approximate surface area is 223 Å². The number of nitro groups is 2. The SMILES string of the molecule is CCCCCCOc1cc(-c2cccc([N+](=O)[O-])c2)c(OCCCCCC)cc1-c1cccc([N+](=O)[O-])c1. The Balaban J connectivity index is 2.09. The minimum atomic E-state index is -0.419. The van der Waals surface area contributed by atoms with E-state index < -0.39 is 9.85 Å². The van der Waals surface area contributed by atoms with E-state index in [9.17, 15) is 20.2 Å². The number of hydrogen-bond donors (Lipinski definition) is 0. The summed E-state index contributed by atoms with van der Waals surface area (Å²) in [7, 11) is 0. The van der Waals surface area contributed by atoms with Crippen molar-refractivity contribution in [1.29, 1.82) is 0 Å². The van der Waals surface area contributed by atoms with Crippen LogP contribution in [-0.2, 0) is 0 Å². The van der Waals surface area contributed by atoms with Crippen molar-refractivity contribution in [2.75, 3.05) is 13.2 Å². The third-order valence-electron chi connectivity index (χ3n) is 6.33. The number of non-ortho nitro benzene ring substituents is 2. The van der Waals surface area contributed by atoms with E-state index in [0.29, 0.717) is 47.0 Å². The maximum atomic E-state index is 11.5. The van der Waals surface area contributed by atoms with Gasteiger partial charge in [0.1, 0.15) is 11.5 Å². The number of ether oxygens (including phenoxy) is 2. The first kappa shape index (κ1) is 28.6. The Hall–Kier alpha value is -3.94. The lowest BCUT2D eigenvalue weighted by Crippen LogP contribution is -2.03. The molecule has 3 aromatic carbocycles. The highest BCUT2D eigenvalue weighted by atomic mass is 16.6. The standard InChI is InChI=1S/C30H36N2O6/c1-3-5-7-9-17-37-29-21-28(24-14-12-16-26(20-24)32(35)36)30(38-18-10-8-6-4-2)22-27(29)23-13-11-15-25(19-23)31(33)34/h11-16,19-22H,3-10,17-18H2,1-2H3. The second kappa shape index (κ2) is 14.7. The number of hydrogen-bond acceptors (Lipinski definition) is 6. The van der Waals surface area contributed by atoms with E-state index >= 15 is 0 Å². The maximum Gasteiger partial charge on any atom is 0.270 e. The molecule has 0 aromatic heterocycles. The Kier molecular flexibility index (Phi) is 11.1. The van der Waals surface area contributed by atoms with Crippen molar-refractivity contribution in [3.63, 3.8) is 0 Å². The van der Waals surface area contributed by atoms with Crippen LogP contribution in [0.3, 0.4) is 0 Å². The summed E-state index contributed by atoms with van der Waals surface area (Å²) in [6.07, 6.45) is 8.29. The first-order valence-corrected chi connectivity index (χ1v) is 13.4. The summed E-state index contributed by atoms with van der Waals surface area (Å²) in [5, 5.41) is 22.9. The monoisotopic (exact) mass is 520 g/mol. The summed E-state index contributed by atoms with van der Waals surface area (Å²) >= 11 is 0. The van der Waals surface area contributed by atoms with Gasteiger partial charge in [0.2, 0.25) is 0 Å². The summed E-state index contributed by atoms with van der Waals surface area (Å²) in [6.45, 7) is 5.28. The van der Waals surface area contributed by atoms with E-state index in [1.165, 1.54) is 24.3 Å². The Morgan fingerprint density at radius 3 is 1.39 bits per heavy atom. The molecule has 0 aliphatic heterocycles. The minimum Gasteiger partial charge on any atom is -0.493 e. The molecule has 0 radical (unpaired) electrons. The molecule has 0 aliphatic rings. The second-order valence-electron chi connectivity index (χ2n) is 9.28. The van der Waals surface area contributed by atoms with Gasteiger partial charge in [-0.25, -0.2) is 0 Å². The van der Waals surface area contributed by atoms with Crippen molar-refractivity contribution in [2.45, 2.75) is 65.2 Å². The predicted molar refractivity (Wildman–Crippen MR) is 150 cm³/mol. The van der Waals surface area contributed by atoms with E-state index in [1.54, 1.807) is 12.1 Å². The third-order valence-corrected chi connectivity index (χ3v) is 6.33. The van der Waals surface area contributed by atoms with E-state index in [2.05, 4.69) is 13.8 Å². The van der Waals surface area contributed by atoms with Crippen LogP contribution < -0.4 is 9.47 Å². The van der Waals surface area contributed by atoms with Crippen molar-refractivity contribution < 1.29 is 19.3 Å². The summed E-state index contributed by atoms with van der Waals surface area (Å²) in [5.74, 6) is 1.11. The van der Waals surface area contributed by atoms with E-state index in [4.69, 9.17) is 9.47 Å². The van der Waals surface area contributed by atoms with Crippen LogP contribution in [0.2, 0.25) is 0 Å². The van der Waals surface area contributed by atoms with Gasteiger partial charge in [-0.15, -0.1) is 0 Å². The molecule has 3 rings (SSSR count). The van der Waals surface area contributed by atoms with Gasteiger partial charge in [-0.1, -0.05) is 76.6 Å². The fraction of sp³-hybridized carbons (Fsp3) is 0.400. The summed E-state index contributed by atoms with van der Waals surface area (Å²) in [4.78, 5) is 22.1. The van der Waals surface area contributed by atoms with Gasteiger partial charge in [-0.3, -0.25) is 20.2 Å². The van der Waals surface area contributed by atoms with Gasteiger partial charge in [0.15, 0.2) is 0 Å². The number of rotatable bonds is 16. The number of unbranched alkanes of at least 4 members (excludes halogenated alkanes) is 6. The molecule has 0 spiro atoms. The van der Waals surface area contributed by atoms with Crippen LogP contribution in [-0.4, -0.2) is 23.1 Å². The molecule has 8 heteroatoms. The lowest BCUT2D eigenvalue weighted by atomic mass is 9.97. The zero-order valence-corrected chi connectivity index (χ0v) is 22.2. The molecule has 0 atom stereocenters. The van der Waals surface area contributed by atoms with Crippen LogP contribution in [0.1, 0.15) is 65.2 Å². The Morgan fingerprint density at radius 1 is 0.605 bits per heavy atom. The van der Waals surface area contributed by atoms with Crippen LogP contribution in [0.15, 0.2) is 60.7 Å². The maximum absolute atomic E-state index is 11.5. The predicted octanol–water partition coefficient (Wildman–Crippen LogP) is 8.76. The fourth-order valence-electron chi connectivity index (χ4n) is 4.25. The van der Waals surface area contributed by atoms with Gasteiger partial charge >= 0.3 is 0 Å². The zero-order valence-electron chi connectivity index (χ0n) is 22.2. The average Bonchev–Trinajstić information content (AvgIpc) is 2.93. The Morgan fingerprint density at radius 2 is 1.03 bits per heavy atom. The van der Waals surface area contributed by atoms with Crippen molar-refractivity contribution >= 4 is 11.4 Å². The minimum absolute atomic E-state index is 0.0128. The molecule has 0 fully saturated rings. The van der Waals surface area contributed by atoms with Gasteiger partial charge in [0.25, 0.3) is 11.4 Å².